The quantitative estimate of drug-likeness (QED) is 0.899. The van der Waals surface area contributed by atoms with Gasteiger partial charge < -0.3 is 9.67 Å². The smallest absolute Gasteiger partial charge is 0.352 e. The summed E-state index contributed by atoms with van der Waals surface area (Å²) in [4.78, 5) is 11.0. The molecule has 1 aromatic heterocycles. The molecule has 2 heterocycles. The summed E-state index contributed by atoms with van der Waals surface area (Å²) in [5.41, 5.74) is -0.0288. The number of sulfonamides is 1. The van der Waals surface area contributed by atoms with Crippen LogP contribution in [0.1, 0.15) is 24.3 Å². The van der Waals surface area contributed by atoms with Crippen molar-refractivity contribution in [3.05, 3.63) is 18.0 Å². The Hall–Kier alpha value is -1.34. The van der Waals surface area contributed by atoms with E-state index < -0.39 is 16.0 Å². The Morgan fingerprint density at radius 1 is 1.32 bits per heavy atom. The first-order valence-corrected chi connectivity index (χ1v) is 7.57. The Balaban J connectivity index is 2.35. The van der Waals surface area contributed by atoms with Gasteiger partial charge in [-0.3, -0.25) is 0 Å². The van der Waals surface area contributed by atoms with E-state index in [9.17, 15) is 13.2 Å². The van der Waals surface area contributed by atoms with Crippen LogP contribution in [0, 0.1) is 11.8 Å². The molecule has 1 fully saturated rings. The number of carbonyl (C=O) groups is 1. The number of hydrogen-bond acceptors (Lipinski definition) is 3. The van der Waals surface area contributed by atoms with E-state index in [0.29, 0.717) is 24.9 Å². The van der Waals surface area contributed by atoms with Crippen LogP contribution in [0.5, 0.6) is 0 Å². The molecule has 2 atom stereocenters. The van der Waals surface area contributed by atoms with Gasteiger partial charge in [-0.15, -0.1) is 0 Å². The van der Waals surface area contributed by atoms with E-state index >= 15 is 0 Å². The van der Waals surface area contributed by atoms with Gasteiger partial charge in [0.25, 0.3) is 0 Å². The lowest BCUT2D eigenvalue weighted by Crippen LogP contribution is -2.28. The van der Waals surface area contributed by atoms with Crippen molar-refractivity contribution in [2.45, 2.75) is 18.7 Å². The zero-order valence-electron chi connectivity index (χ0n) is 11.2. The Labute approximate surface area is 112 Å². The summed E-state index contributed by atoms with van der Waals surface area (Å²) < 4.78 is 27.6. The molecular weight excluding hydrogens is 268 g/mol. The van der Waals surface area contributed by atoms with E-state index in [1.165, 1.54) is 28.2 Å². The number of aromatic nitrogens is 1. The van der Waals surface area contributed by atoms with Crippen molar-refractivity contribution in [1.29, 1.82) is 0 Å². The van der Waals surface area contributed by atoms with E-state index in [4.69, 9.17) is 5.11 Å². The first-order chi connectivity index (χ1) is 8.73. The Morgan fingerprint density at radius 2 is 1.84 bits per heavy atom. The lowest BCUT2D eigenvalue weighted by atomic mass is 10.0. The van der Waals surface area contributed by atoms with Crippen molar-refractivity contribution in [1.82, 2.24) is 8.87 Å². The highest BCUT2D eigenvalue weighted by molar-refractivity contribution is 7.89. The second-order valence-electron chi connectivity index (χ2n) is 5.25. The number of nitrogens with zero attached hydrogens (tertiary/aromatic N) is 2. The average Bonchev–Trinajstić information content (AvgIpc) is 2.84. The van der Waals surface area contributed by atoms with E-state index in [-0.39, 0.29) is 10.6 Å². The summed E-state index contributed by atoms with van der Waals surface area (Å²) >= 11 is 0. The second-order valence-corrected chi connectivity index (χ2v) is 7.19. The van der Waals surface area contributed by atoms with E-state index in [1.54, 1.807) is 0 Å². The van der Waals surface area contributed by atoms with Crippen LogP contribution in [0.15, 0.2) is 17.2 Å². The molecule has 0 spiro atoms. The van der Waals surface area contributed by atoms with E-state index in [1.807, 2.05) is 13.8 Å². The number of aromatic carboxylic acids is 1. The Morgan fingerprint density at radius 3 is 2.26 bits per heavy atom. The fourth-order valence-corrected chi connectivity index (χ4v) is 4.02. The van der Waals surface area contributed by atoms with Crippen LogP contribution < -0.4 is 0 Å². The van der Waals surface area contributed by atoms with Crippen LogP contribution in [0.4, 0.5) is 0 Å². The van der Waals surface area contributed by atoms with Gasteiger partial charge in [0.15, 0.2) is 0 Å². The molecule has 7 heteroatoms. The molecule has 6 nitrogen and oxygen atoms in total. The minimum absolute atomic E-state index is 0.0288. The standard InChI is InChI=1S/C12H18N2O4S/c1-8-5-14(6-9(8)2)19(17,18)10-4-11(12(15)16)13(3)7-10/h4,7-9H,5-6H2,1-3H3,(H,15,16). The molecule has 1 aromatic rings. The van der Waals surface area contributed by atoms with Gasteiger partial charge in [0.2, 0.25) is 10.0 Å². The van der Waals surface area contributed by atoms with Crippen molar-refractivity contribution in [2.24, 2.45) is 18.9 Å². The van der Waals surface area contributed by atoms with Crippen LogP contribution >= 0.6 is 0 Å². The summed E-state index contributed by atoms with van der Waals surface area (Å²) in [6, 6.07) is 1.21. The molecule has 1 aliphatic rings. The number of carboxylic acid groups (broad SMARTS) is 1. The minimum atomic E-state index is -3.59. The third kappa shape index (κ3) is 2.40. The predicted molar refractivity (Wildman–Crippen MR) is 69.5 cm³/mol. The Bertz CT molecular complexity index is 595. The van der Waals surface area contributed by atoms with Gasteiger partial charge in [-0.25, -0.2) is 13.2 Å². The molecule has 0 bridgehead atoms. The molecule has 1 saturated heterocycles. The number of carboxylic acids is 1. The highest BCUT2D eigenvalue weighted by atomic mass is 32.2. The van der Waals surface area contributed by atoms with Gasteiger partial charge in [0, 0.05) is 26.3 Å². The van der Waals surface area contributed by atoms with Crippen LogP contribution in [0.2, 0.25) is 0 Å². The molecule has 0 radical (unpaired) electrons. The third-order valence-electron chi connectivity index (χ3n) is 3.79. The van der Waals surface area contributed by atoms with Gasteiger partial charge in [0.05, 0.1) is 0 Å². The first kappa shape index (κ1) is 14.1. The zero-order chi connectivity index (χ0) is 14.4. The van der Waals surface area contributed by atoms with Gasteiger partial charge in [-0.05, 0) is 17.9 Å². The summed E-state index contributed by atoms with van der Waals surface area (Å²) in [7, 11) is -2.07. The maximum atomic E-state index is 12.4. The minimum Gasteiger partial charge on any atom is -0.477 e. The first-order valence-electron chi connectivity index (χ1n) is 6.13. The van der Waals surface area contributed by atoms with Gasteiger partial charge >= 0.3 is 5.97 Å². The highest BCUT2D eigenvalue weighted by Gasteiger charge is 2.35. The summed E-state index contributed by atoms with van der Waals surface area (Å²) in [5.74, 6) is -0.498. The second kappa shape index (κ2) is 4.64. The SMILES string of the molecule is CC1CN(S(=O)(=O)c2cc(C(=O)O)n(C)c2)CC1C. The van der Waals surface area contributed by atoms with Crippen molar-refractivity contribution >= 4 is 16.0 Å². The molecule has 106 valence electrons. The lowest BCUT2D eigenvalue weighted by Gasteiger charge is -2.14. The molecule has 0 aromatic carbocycles. The summed E-state index contributed by atoms with van der Waals surface area (Å²) in [5, 5.41) is 8.96. The number of hydrogen-bond donors (Lipinski definition) is 1. The molecule has 0 amide bonds. The molecule has 1 aliphatic heterocycles. The van der Waals surface area contributed by atoms with E-state index in [2.05, 4.69) is 0 Å². The fraction of sp³-hybridized carbons (Fsp3) is 0.583. The monoisotopic (exact) mass is 286 g/mol. The molecule has 2 unspecified atom stereocenters. The van der Waals surface area contributed by atoms with Crippen LogP contribution in [0.25, 0.3) is 0 Å². The third-order valence-corrected chi connectivity index (χ3v) is 5.59. The molecule has 0 saturated carbocycles. The van der Waals surface area contributed by atoms with Crippen molar-refractivity contribution < 1.29 is 18.3 Å². The average molecular weight is 286 g/mol. The largest absolute Gasteiger partial charge is 0.477 e. The normalized spacial score (nSPS) is 24.8. The van der Waals surface area contributed by atoms with Crippen LogP contribution in [0.3, 0.4) is 0 Å². The number of rotatable bonds is 3. The Kier molecular flexibility index (Phi) is 3.44. The van der Waals surface area contributed by atoms with Crippen LogP contribution in [-0.2, 0) is 17.1 Å². The van der Waals surface area contributed by atoms with Crippen molar-refractivity contribution in [2.75, 3.05) is 13.1 Å². The highest BCUT2D eigenvalue weighted by Crippen LogP contribution is 2.28. The fourth-order valence-electron chi connectivity index (χ4n) is 2.31. The topological polar surface area (TPSA) is 79.6 Å². The van der Waals surface area contributed by atoms with Crippen molar-refractivity contribution in [3.63, 3.8) is 0 Å². The maximum absolute atomic E-state index is 12.4. The maximum Gasteiger partial charge on any atom is 0.352 e. The summed E-state index contributed by atoms with van der Waals surface area (Å²) in [6.07, 6.45) is 1.35. The van der Waals surface area contributed by atoms with Gasteiger partial charge in [-0.1, -0.05) is 13.8 Å². The molecule has 2 rings (SSSR count). The predicted octanol–water partition coefficient (Wildman–Crippen LogP) is 1.000. The summed E-state index contributed by atoms with van der Waals surface area (Å²) in [6.45, 7) is 5.02. The number of aryl methyl sites for hydroxylation is 1. The van der Waals surface area contributed by atoms with Crippen LogP contribution in [-0.4, -0.2) is 41.5 Å². The van der Waals surface area contributed by atoms with E-state index in [0.717, 1.165) is 0 Å². The van der Waals surface area contributed by atoms with Gasteiger partial charge in [0.1, 0.15) is 10.6 Å². The molecule has 0 aliphatic carbocycles. The molecule has 1 N–H and O–H groups in total. The van der Waals surface area contributed by atoms with Crippen molar-refractivity contribution in [3.8, 4) is 0 Å². The zero-order valence-corrected chi connectivity index (χ0v) is 12.0. The lowest BCUT2D eigenvalue weighted by molar-refractivity contribution is 0.0686. The molecule has 19 heavy (non-hydrogen) atoms. The molecular formula is C12H18N2O4S. The van der Waals surface area contributed by atoms with Gasteiger partial charge in [-0.2, -0.15) is 4.31 Å².